The van der Waals surface area contributed by atoms with Crippen molar-refractivity contribution in [3.8, 4) is 0 Å². The van der Waals surface area contributed by atoms with Gasteiger partial charge in [-0.3, -0.25) is 14.7 Å². The number of carbonyl (C=O) groups excluding carboxylic acids is 1. The van der Waals surface area contributed by atoms with Gasteiger partial charge in [-0.2, -0.15) is 0 Å². The molecule has 1 N–H and O–H groups in total. The molecule has 1 aromatic heterocycles. The minimum atomic E-state index is -0.170. The maximum atomic E-state index is 12.5. The Hall–Kier alpha value is -1.50. The summed E-state index contributed by atoms with van der Waals surface area (Å²) in [7, 11) is 0. The molecule has 2 aliphatic heterocycles. The van der Waals surface area contributed by atoms with Gasteiger partial charge < -0.3 is 15.0 Å². The Morgan fingerprint density at radius 3 is 2.86 bits per heavy atom. The third-order valence-electron chi connectivity index (χ3n) is 4.56. The molecule has 22 heavy (non-hydrogen) atoms. The van der Waals surface area contributed by atoms with Crippen LogP contribution in [-0.4, -0.2) is 72.7 Å². The van der Waals surface area contributed by atoms with E-state index in [1.54, 1.807) is 6.20 Å². The van der Waals surface area contributed by atoms with Gasteiger partial charge in [-0.1, -0.05) is 6.07 Å². The molecule has 1 amide bonds. The minimum absolute atomic E-state index is 0.170. The predicted molar refractivity (Wildman–Crippen MR) is 83.4 cm³/mol. The van der Waals surface area contributed by atoms with Crippen LogP contribution < -0.4 is 5.32 Å². The van der Waals surface area contributed by atoms with Crippen LogP contribution in [0.15, 0.2) is 24.5 Å². The van der Waals surface area contributed by atoms with Gasteiger partial charge >= 0.3 is 0 Å². The van der Waals surface area contributed by atoms with E-state index in [1.165, 1.54) is 5.56 Å². The maximum Gasteiger partial charge on any atom is 0.242 e. The SMILES string of the molecule is CC(c1cccnc1)N1CCN(C(=O)C2COCCN2)CC1. The highest BCUT2D eigenvalue weighted by atomic mass is 16.5. The zero-order valence-corrected chi connectivity index (χ0v) is 13.1. The molecular weight excluding hydrogens is 280 g/mol. The van der Waals surface area contributed by atoms with Crippen LogP contribution in [0.2, 0.25) is 0 Å². The van der Waals surface area contributed by atoms with Gasteiger partial charge in [-0.15, -0.1) is 0 Å². The van der Waals surface area contributed by atoms with Crippen molar-refractivity contribution < 1.29 is 9.53 Å². The van der Waals surface area contributed by atoms with Gasteiger partial charge in [0.15, 0.2) is 0 Å². The molecule has 0 spiro atoms. The van der Waals surface area contributed by atoms with Crippen molar-refractivity contribution >= 4 is 5.91 Å². The Morgan fingerprint density at radius 2 is 2.23 bits per heavy atom. The van der Waals surface area contributed by atoms with Crippen molar-refractivity contribution in [1.82, 2.24) is 20.1 Å². The number of pyridine rings is 1. The minimum Gasteiger partial charge on any atom is -0.378 e. The molecular formula is C16H24N4O2. The maximum absolute atomic E-state index is 12.5. The molecule has 6 heteroatoms. The Labute approximate surface area is 131 Å². The zero-order chi connectivity index (χ0) is 15.4. The van der Waals surface area contributed by atoms with Crippen LogP contribution in [0.1, 0.15) is 18.5 Å². The molecule has 2 unspecified atom stereocenters. The number of nitrogens with zero attached hydrogens (tertiary/aromatic N) is 3. The highest BCUT2D eigenvalue weighted by molar-refractivity contribution is 5.82. The summed E-state index contributed by atoms with van der Waals surface area (Å²) in [6.45, 7) is 7.50. The van der Waals surface area contributed by atoms with E-state index in [0.29, 0.717) is 19.3 Å². The number of carbonyl (C=O) groups is 1. The first-order valence-electron chi connectivity index (χ1n) is 7.99. The third kappa shape index (κ3) is 3.45. The van der Waals surface area contributed by atoms with E-state index in [-0.39, 0.29) is 11.9 Å². The van der Waals surface area contributed by atoms with Gasteiger partial charge in [0, 0.05) is 51.2 Å². The van der Waals surface area contributed by atoms with Crippen LogP contribution in [0.5, 0.6) is 0 Å². The summed E-state index contributed by atoms with van der Waals surface area (Å²) in [5.41, 5.74) is 1.23. The van der Waals surface area contributed by atoms with E-state index in [9.17, 15) is 4.79 Å². The van der Waals surface area contributed by atoms with E-state index in [4.69, 9.17) is 4.74 Å². The molecule has 0 aromatic carbocycles. The van der Waals surface area contributed by atoms with Gasteiger partial charge in [0.05, 0.1) is 13.2 Å². The van der Waals surface area contributed by atoms with E-state index >= 15 is 0 Å². The monoisotopic (exact) mass is 304 g/mol. The van der Waals surface area contributed by atoms with Gasteiger partial charge in [0.2, 0.25) is 5.91 Å². The lowest BCUT2D eigenvalue weighted by molar-refractivity contribution is -0.138. The van der Waals surface area contributed by atoms with Crippen molar-refractivity contribution in [2.75, 3.05) is 45.9 Å². The van der Waals surface area contributed by atoms with Gasteiger partial charge in [-0.05, 0) is 18.6 Å². The number of morpholine rings is 1. The fourth-order valence-electron chi connectivity index (χ4n) is 3.11. The number of ether oxygens (including phenoxy) is 1. The molecule has 3 rings (SSSR count). The summed E-state index contributed by atoms with van der Waals surface area (Å²) in [6.07, 6.45) is 3.72. The molecule has 1 aromatic rings. The molecule has 0 bridgehead atoms. The predicted octanol–water partition coefficient (Wildman–Crippen LogP) is 0.275. The normalized spacial score (nSPS) is 25.0. The molecule has 0 saturated carbocycles. The Morgan fingerprint density at radius 1 is 1.41 bits per heavy atom. The second-order valence-corrected chi connectivity index (χ2v) is 5.91. The molecule has 2 saturated heterocycles. The topological polar surface area (TPSA) is 57.7 Å². The number of rotatable bonds is 3. The molecule has 0 radical (unpaired) electrons. The third-order valence-corrected chi connectivity index (χ3v) is 4.56. The van der Waals surface area contributed by atoms with Crippen LogP contribution in [0.3, 0.4) is 0 Å². The molecule has 2 atom stereocenters. The number of hydrogen-bond donors (Lipinski definition) is 1. The van der Waals surface area contributed by atoms with Crippen LogP contribution in [0.25, 0.3) is 0 Å². The Bertz CT molecular complexity index is 482. The number of nitrogens with one attached hydrogen (secondary N) is 1. The average Bonchev–Trinajstić information content (AvgIpc) is 2.62. The highest BCUT2D eigenvalue weighted by Gasteiger charge is 2.30. The fourth-order valence-corrected chi connectivity index (χ4v) is 3.11. The zero-order valence-electron chi connectivity index (χ0n) is 13.1. The molecule has 2 aliphatic rings. The lowest BCUT2D eigenvalue weighted by Gasteiger charge is -2.39. The Kier molecular flexibility index (Phi) is 5.02. The lowest BCUT2D eigenvalue weighted by Crippen LogP contribution is -2.57. The van der Waals surface area contributed by atoms with Crippen LogP contribution in [0, 0.1) is 0 Å². The van der Waals surface area contributed by atoms with Crippen LogP contribution >= 0.6 is 0 Å². The van der Waals surface area contributed by atoms with E-state index in [1.807, 2.05) is 17.2 Å². The largest absolute Gasteiger partial charge is 0.378 e. The first-order valence-corrected chi connectivity index (χ1v) is 7.99. The number of piperazine rings is 1. The molecule has 0 aliphatic carbocycles. The van der Waals surface area contributed by atoms with Gasteiger partial charge in [-0.25, -0.2) is 0 Å². The molecule has 120 valence electrons. The summed E-state index contributed by atoms with van der Waals surface area (Å²) in [6, 6.07) is 4.25. The van der Waals surface area contributed by atoms with Crippen molar-refractivity contribution in [3.05, 3.63) is 30.1 Å². The second-order valence-electron chi connectivity index (χ2n) is 5.91. The molecule has 2 fully saturated rings. The summed E-state index contributed by atoms with van der Waals surface area (Å²) in [5.74, 6) is 0.174. The summed E-state index contributed by atoms with van der Waals surface area (Å²) in [4.78, 5) is 21.0. The quantitative estimate of drug-likeness (QED) is 0.869. The number of amides is 1. The number of hydrogen-bond acceptors (Lipinski definition) is 5. The van der Waals surface area contributed by atoms with E-state index in [2.05, 4.69) is 28.2 Å². The standard InChI is InChI=1S/C16H24N4O2/c1-13(14-3-2-4-17-11-14)19-6-8-20(9-7-19)16(21)15-12-22-10-5-18-15/h2-4,11,13,15,18H,5-10,12H2,1H3. The Balaban J connectivity index is 1.52. The van der Waals surface area contributed by atoms with Crippen LogP contribution in [-0.2, 0) is 9.53 Å². The second kappa shape index (κ2) is 7.17. The first kappa shape index (κ1) is 15.4. The highest BCUT2D eigenvalue weighted by Crippen LogP contribution is 2.20. The molecule has 3 heterocycles. The first-order chi connectivity index (χ1) is 10.8. The summed E-state index contributed by atoms with van der Waals surface area (Å²) in [5, 5.41) is 3.24. The van der Waals surface area contributed by atoms with Crippen molar-refractivity contribution in [3.63, 3.8) is 0 Å². The van der Waals surface area contributed by atoms with Gasteiger partial charge in [0.25, 0.3) is 0 Å². The summed E-state index contributed by atoms with van der Waals surface area (Å²) < 4.78 is 5.38. The van der Waals surface area contributed by atoms with Crippen molar-refractivity contribution in [2.45, 2.75) is 19.0 Å². The smallest absolute Gasteiger partial charge is 0.242 e. The van der Waals surface area contributed by atoms with E-state index in [0.717, 1.165) is 32.7 Å². The summed E-state index contributed by atoms with van der Waals surface area (Å²) >= 11 is 0. The lowest BCUT2D eigenvalue weighted by atomic mass is 10.1. The average molecular weight is 304 g/mol. The van der Waals surface area contributed by atoms with Crippen molar-refractivity contribution in [1.29, 1.82) is 0 Å². The fraction of sp³-hybridized carbons (Fsp3) is 0.625. The van der Waals surface area contributed by atoms with Crippen molar-refractivity contribution in [2.24, 2.45) is 0 Å². The van der Waals surface area contributed by atoms with Gasteiger partial charge in [0.1, 0.15) is 6.04 Å². The number of aromatic nitrogens is 1. The molecule has 6 nitrogen and oxygen atoms in total. The van der Waals surface area contributed by atoms with E-state index < -0.39 is 0 Å². The van der Waals surface area contributed by atoms with Crippen LogP contribution in [0.4, 0.5) is 0 Å².